The van der Waals surface area contributed by atoms with Crippen molar-refractivity contribution in [2.24, 2.45) is 4.99 Å². The average molecular weight is 583 g/mol. The van der Waals surface area contributed by atoms with Crippen LogP contribution >= 0.6 is 0 Å². The number of aryl methyl sites for hydroxylation is 2. The van der Waals surface area contributed by atoms with Gasteiger partial charge < -0.3 is 14.2 Å². The van der Waals surface area contributed by atoms with Crippen LogP contribution in [0.1, 0.15) is 33.9 Å². The van der Waals surface area contributed by atoms with E-state index in [1.165, 1.54) is 0 Å². The van der Waals surface area contributed by atoms with E-state index in [4.69, 9.17) is 0 Å². The molecule has 8 nitrogen and oxygen atoms in total. The van der Waals surface area contributed by atoms with Crippen molar-refractivity contribution in [3.05, 3.63) is 137 Å². The minimum absolute atomic E-state index is 0.0500. The van der Waals surface area contributed by atoms with Gasteiger partial charge in [0, 0.05) is 6.54 Å². The quantitative estimate of drug-likeness (QED) is 0.224. The van der Waals surface area contributed by atoms with Crippen molar-refractivity contribution in [3.63, 3.8) is 0 Å². The van der Waals surface area contributed by atoms with Crippen molar-refractivity contribution in [2.45, 2.75) is 38.6 Å². The minimum Gasteiger partial charge on any atom is -0.463 e. The Balaban J connectivity index is 1.62. The SMILES string of the molecule is Cc1ccc(CC(CNS(=O)(=O)Cc2ccccc2)n2/c(=N\C(=O)O)n(Cc3ccc(C)cc3)c3ccccc32)cc1. The lowest BCUT2D eigenvalue weighted by Gasteiger charge is -2.21. The van der Waals surface area contributed by atoms with Crippen LogP contribution in [0.25, 0.3) is 11.0 Å². The normalized spacial score (nSPS) is 13.0. The molecule has 1 heterocycles. The molecule has 4 aromatic carbocycles. The van der Waals surface area contributed by atoms with E-state index < -0.39 is 22.2 Å². The van der Waals surface area contributed by atoms with E-state index in [1.54, 1.807) is 12.1 Å². The number of nitrogens with one attached hydrogen (secondary N) is 1. The van der Waals surface area contributed by atoms with Crippen LogP contribution in [0.15, 0.2) is 108 Å². The van der Waals surface area contributed by atoms with Crippen molar-refractivity contribution in [3.8, 4) is 0 Å². The number of carboxylic acid groups (broad SMARTS) is 1. The molecular weight excluding hydrogens is 548 g/mol. The summed E-state index contributed by atoms with van der Waals surface area (Å²) in [5.74, 6) is -0.155. The maximum absolute atomic E-state index is 13.2. The molecule has 9 heteroatoms. The number of nitrogens with zero attached hydrogens (tertiary/aromatic N) is 3. The van der Waals surface area contributed by atoms with Gasteiger partial charge in [0.05, 0.1) is 29.4 Å². The number of amides is 1. The highest BCUT2D eigenvalue weighted by Gasteiger charge is 2.23. The molecule has 5 rings (SSSR count). The number of rotatable bonds is 10. The molecular formula is C33H34N4O4S. The molecule has 0 aliphatic rings. The molecule has 0 bridgehead atoms. The molecule has 42 heavy (non-hydrogen) atoms. The largest absolute Gasteiger partial charge is 0.463 e. The second-order valence-electron chi connectivity index (χ2n) is 10.6. The zero-order valence-corrected chi connectivity index (χ0v) is 24.5. The highest BCUT2D eigenvalue weighted by molar-refractivity contribution is 7.88. The smallest absolute Gasteiger partial charge is 0.434 e. The Kier molecular flexibility index (Phi) is 8.70. The topological polar surface area (TPSA) is 106 Å². The van der Waals surface area contributed by atoms with Gasteiger partial charge in [-0.2, -0.15) is 0 Å². The van der Waals surface area contributed by atoms with Crippen molar-refractivity contribution in [1.82, 2.24) is 13.9 Å². The summed E-state index contributed by atoms with van der Waals surface area (Å²) < 4.78 is 32.9. The number of imidazole rings is 1. The molecule has 0 saturated heterocycles. The standard InChI is InChI=1S/C33H34N4O4S/c1-24-12-16-26(17-13-24)20-29(21-34-42(40,41)23-28-8-4-3-5-9-28)37-31-11-7-6-10-30(31)36(32(37)35-33(38)39)22-27-18-14-25(2)15-19-27/h3-19,29,34H,20-23H2,1-2H3,(H,38,39)/b35-32-. The Hall–Kier alpha value is -4.47. The minimum atomic E-state index is -3.69. The molecule has 0 fully saturated rings. The van der Waals surface area contributed by atoms with Gasteiger partial charge in [-0.3, -0.25) is 0 Å². The van der Waals surface area contributed by atoms with Gasteiger partial charge >= 0.3 is 6.09 Å². The Morgan fingerprint density at radius 2 is 1.36 bits per heavy atom. The van der Waals surface area contributed by atoms with Gasteiger partial charge in [-0.15, -0.1) is 4.99 Å². The molecule has 0 aliphatic heterocycles. The van der Waals surface area contributed by atoms with Crippen LogP contribution in [0, 0.1) is 13.8 Å². The Morgan fingerprint density at radius 1 is 0.786 bits per heavy atom. The summed E-state index contributed by atoms with van der Waals surface area (Å²) in [6, 6.07) is 32.3. The van der Waals surface area contributed by atoms with Gasteiger partial charge in [0.1, 0.15) is 0 Å². The fourth-order valence-corrected chi connectivity index (χ4v) is 6.33. The van der Waals surface area contributed by atoms with Crippen LogP contribution < -0.4 is 10.3 Å². The molecule has 1 unspecified atom stereocenters. The number of hydrogen-bond acceptors (Lipinski definition) is 3. The van der Waals surface area contributed by atoms with Crippen LogP contribution in [-0.2, 0) is 28.7 Å². The molecule has 1 atom stereocenters. The van der Waals surface area contributed by atoms with Crippen LogP contribution in [0.2, 0.25) is 0 Å². The molecule has 1 amide bonds. The summed E-state index contributed by atoms with van der Waals surface area (Å²) in [5, 5.41) is 9.86. The van der Waals surface area contributed by atoms with E-state index in [0.717, 1.165) is 33.3 Å². The fraction of sp³-hybridized carbons (Fsp3) is 0.212. The number of carbonyl (C=O) groups is 1. The van der Waals surface area contributed by atoms with E-state index in [9.17, 15) is 18.3 Å². The van der Waals surface area contributed by atoms with Crippen molar-refractivity contribution in [1.29, 1.82) is 0 Å². The third-order valence-electron chi connectivity index (χ3n) is 7.24. The first kappa shape index (κ1) is 29.0. The van der Waals surface area contributed by atoms with Gasteiger partial charge in [0.15, 0.2) is 0 Å². The second-order valence-corrected chi connectivity index (χ2v) is 12.4. The summed E-state index contributed by atoms with van der Waals surface area (Å²) in [5.41, 5.74) is 6.73. The van der Waals surface area contributed by atoms with Crippen LogP contribution in [0.4, 0.5) is 4.79 Å². The third kappa shape index (κ3) is 7.05. The summed E-state index contributed by atoms with van der Waals surface area (Å²) in [4.78, 5) is 16.1. The van der Waals surface area contributed by atoms with E-state index in [0.29, 0.717) is 18.5 Å². The maximum Gasteiger partial charge on any atom is 0.434 e. The van der Waals surface area contributed by atoms with E-state index in [-0.39, 0.29) is 17.9 Å². The highest BCUT2D eigenvalue weighted by Crippen LogP contribution is 2.22. The number of hydrogen-bond donors (Lipinski definition) is 2. The van der Waals surface area contributed by atoms with Gasteiger partial charge in [0.2, 0.25) is 15.6 Å². The van der Waals surface area contributed by atoms with Gasteiger partial charge in [-0.1, -0.05) is 102 Å². The first-order valence-electron chi connectivity index (χ1n) is 13.8. The number of sulfonamides is 1. The molecule has 5 aromatic rings. The third-order valence-corrected chi connectivity index (χ3v) is 8.56. The lowest BCUT2D eigenvalue weighted by molar-refractivity contribution is 0.204. The highest BCUT2D eigenvalue weighted by atomic mass is 32.2. The Bertz CT molecular complexity index is 1860. The molecule has 0 aliphatic carbocycles. The molecule has 216 valence electrons. The van der Waals surface area contributed by atoms with E-state index in [1.807, 2.05) is 114 Å². The van der Waals surface area contributed by atoms with Gasteiger partial charge in [-0.25, -0.2) is 17.9 Å². The lowest BCUT2D eigenvalue weighted by Crippen LogP contribution is -2.38. The van der Waals surface area contributed by atoms with Crippen molar-refractivity contribution < 1.29 is 18.3 Å². The van der Waals surface area contributed by atoms with Crippen LogP contribution in [0.3, 0.4) is 0 Å². The zero-order valence-electron chi connectivity index (χ0n) is 23.6. The number of para-hydroxylation sites is 2. The maximum atomic E-state index is 13.2. The lowest BCUT2D eigenvalue weighted by atomic mass is 10.0. The number of fused-ring (bicyclic) bond motifs is 1. The summed E-state index contributed by atoms with van der Waals surface area (Å²) in [6.07, 6.45) is -0.866. The van der Waals surface area contributed by atoms with E-state index >= 15 is 0 Å². The second kappa shape index (κ2) is 12.6. The monoisotopic (exact) mass is 582 g/mol. The van der Waals surface area contributed by atoms with Crippen LogP contribution in [-0.4, -0.2) is 35.3 Å². The molecule has 0 saturated carbocycles. The molecule has 0 radical (unpaired) electrons. The fourth-order valence-electron chi connectivity index (χ4n) is 5.15. The number of benzene rings is 4. The average Bonchev–Trinajstić information content (AvgIpc) is 3.25. The summed E-state index contributed by atoms with van der Waals surface area (Å²) in [7, 11) is -3.69. The molecule has 2 N–H and O–H groups in total. The predicted molar refractivity (Wildman–Crippen MR) is 165 cm³/mol. The van der Waals surface area contributed by atoms with Crippen molar-refractivity contribution in [2.75, 3.05) is 6.54 Å². The van der Waals surface area contributed by atoms with Gasteiger partial charge in [-0.05, 0) is 49.1 Å². The number of aromatic nitrogens is 2. The van der Waals surface area contributed by atoms with Crippen LogP contribution in [0.5, 0.6) is 0 Å². The van der Waals surface area contributed by atoms with Crippen molar-refractivity contribution >= 4 is 27.1 Å². The Labute approximate surface area is 245 Å². The summed E-state index contributed by atoms with van der Waals surface area (Å²) in [6.45, 7) is 4.48. The van der Waals surface area contributed by atoms with E-state index in [2.05, 4.69) is 9.71 Å². The Morgan fingerprint density at radius 3 is 1.98 bits per heavy atom. The predicted octanol–water partition coefficient (Wildman–Crippen LogP) is 5.59. The first-order valence-corrected chi connectivity index (χ1v) is 15.4. The first-order chi connectivity index (χ1) is 20.2. The molecule has 1 aromatic heterocycles. The zero-order chi connectivity index (χ0) is 29.7. The van der Waals surface area contributed by atoms with Gasteiger partial charge in [0.25, 0.3) is 0 Å². The summed E-state index contributed by atoms with van der Waals surface area (Å²) >= 11 is 0. The molecule has 0 spiro atoms.